The first kappa shape index (κ1) is 16.4. The minimum atomic E-state index is -0.381. The van der Waals surface area contributed by atoms with Crippen molar-refractivity contribution in [3.63, 3.8) is 0 Å². The maximum Gasteiger partial charge on any atom is 0.332 e. The van der Waals surface area contributed by atoms with Gasteiger partial charge in [0.05, 0.1) is 0 Å². The Kier molecular flexibility index (Phi) is 4.46. The van der Waals surface area contributed by atoms with Crippen molar-refractivity contribution in [2.24, 2.45) is 14.1 Å². The fourth-order valence-corrected chi connectivity index (χ4v) is 2.98. The molecule has 2 aromatic rings. The zero-order valence-corrected chi connectivity index (χ0v) is 14.2. The highest BCUT2D eigenvalue weighted by molar-refractivity contribution is 7.99. The van der Waals surface area contributed by atoms with E-state index < -0.39 is 0 Å². The molecule has 2 heterocycles. The van der Waals surface area contributed by atoms with Crippen LogP contribution in [0.2, 0.25) is 0 Å². The number of fused-ring (bicyclic) bond motifs is 1. The van der Waals surface area contributed by atoms with Gasteiger partial charge in [-0.25, -0.2) is 9.78 Å². The monoisotopic (exact) mass is 320 g/mol. The van der Waals surface area contributed by atoms with E-state index >= 15 is 0 Å². The molecule has 6 nitrogen and oxygen atoms in total. The first-order valence-electron chi connectivity index (χ1n) is 6.81. The smallest absolute Gasteiger partial charge is 0.309 e. The first-order valence-corrected chi connectivity index (χ1v) is 7.80. The van der Waals surface area contributed by atoms with Crippen molar-refractivity contribution in [1.29, 1.82) is 0 Å². The Morgan fingerprint density at radius 1 is 1.14 bits per heavy atom. The second kappa shape index (κ2) is 6.00. The van der Waals surface area contributed by atoms with E-state index in [0.717, 1.165) is 15.7 Å². The Morgan fingerprint density at radius 3 is 2.32 bits per heavy atom. The lowest BCUT2D eigenvalue weighted by molar-refractivity contribution is 0.694. The SMILES string of the molecule is C=C(C)CSc1nc2c(c(=O)n(C)c(=O)n2C)n1CC(=C)C. The van der Waals surface area contributed by atoms with Gasteiger partial charge in [-0.3, -0.25) is 13.9 Å². The molecule has 0 atom stereocenters. The number of imidazole rings is 1. The Labute approximate surface area is 132 Å². The lowest BCUT2D eigenvalue weighted by atomic mass is 10.3. The van der Waals surface area contributed by atoms with Gasteiger partial charge in [-0.2, -0.15) is 0 Å². The molecule has 0 radical (unpaired) electrons. The van der Waals surface area contributed by atoms with Gasteiger partial charge in [-0.05, 0) is 13.8 Å². The third-order valence-electron chi connectivity index (χ3n) is 3.19. The van der Waals surface area contributed by atoms with E-state index in [2.05, 4.69) is 18.1 Å². The van der Waals surface area contributed by atoms with Gasteiger partial charge in [-0.1, -0.05) is 36.1 Å². The molecule has 0 amide bonds. The van der Waals surface area contributed by atoms with E-state index in [-0.39, 0.29) is 11.2 Å². The number of thioether (sulfide) groups is 1. The molecule has 2 aromatic heterocycles. The molecule has 0 aliphatic heterocycles. The summed E-state index contributed by atoms with van der Waals surface area (Å²) in [5.41, 5.74) is 2.03. The molecule has 0 aliphatic rings. The minimum Gasteiger partial charge on any atom is -0.309 e. The van der Waals surface area contributed by atoms with Crippen molar-refractivity contribution in [2.75, 3.05) is 5.75 Å². The van der Waals surface area contributed by atoms with Crippen molar-refractivity contribution in [2.45, 2.75) is 25.5 Å². The van der Waals surface area contributed by atoms with Gasteiger partial charge in [0.15, 0.2) is 16.3 Å². The van der Waals surface area contributed by atoms with Crippen LogP contribution in [0.25, 0.3) is 11.2 Å². The Balaban J connectivity index is 2.80. The van der Waals surface area contributed by atoms with Crippen LogP contribution in [0.5, 0.6) is 0 Å². The summed E-state index contributed by atoms with van der Waals surface area (Å²) < 4.78 is 4.33. The summed E-state index contributed by atoms with van der Waals surface area (Å²) in [6.07, 6.45) is 0. The summed E-state index contributed by atoms with van der Waals surface area (Å²) in [5, 5.41) is 0.694. The van der Waals surface area contributed by atoms with Crippen LogP contribution in [0.15, 0.2) is 39.0 Å². The Bertz CT molecular complexity index is 886. The second-order valence-electron chi connectivity index (χ2n) is 5.56. The maximum atomic E-state index is 12.5. The number of hydrogen-bond acceptors (Lipinski definition) is 4. The fraction of sp³-hybridized carbons (Fsp3) is 0.400. The van der Waals surface area contributed by atoms with E-state index in [4.69, 9.17) is 0 Å². The van der Waals surface area contributed by atoms with Crippen LogP contribution in [0.3, 0.4) is 0 Å². The first-order chi connectivity index (χ1) is 10.2. The van der Waals surface area contributed by atoms with Crippen LogP contribution in [-0.2, 0) is 20.6 Å². The molecule has 0 saturated carbocycles. The predicted molar refractivity (Wildman–Crippen MR) is 90.6 cm³/mol. The largest absolute Gasteiger partial charge is 0.332 e. The predicted octanol–water partition coefficient (Wildman–Crippen LogP) is 1.68. The molecule has 0 N–H and O–H groups in total. The van der Waals surface area contributed by atoms with Crippen molar-refractivity contribution in [3.8, 4) is 0 Å². The van der Waals surface area contributed by atoms with Crippen LogP contribution >= 0.6 is 11.8 Å². The summed E-state index contributed by atoms with van der Waals surface area (Å²) in [6, 6.07) is 0. The third kappa shape index (κ3) is 2.81. The number of aromatic nitrogens is 4. The average Bonchev–Trinajstić information content (AvgIpc) is 2.78. The molecular formula is C15H20N4O2S. The van der Waals surface area contributed by atoms with Gasteiger partial charge in [-0.15, -0.1) is 0 Å². The number of nitrogens with zero attached hydrogens (tertiary/aromatic N) is 4. The minimum absolute atomic E-state index is 0.339. The van der Waals surface area contributed by atoms with E-state index in [1.807, 2.05) is 18.4 Å². The standard InChI is InChI=1S/C15H20N4O2S/c1-9(2)7-19-11-12(16-14(19)22-8-10(3)4)17(5)15(21)18(6)13(11)20/h1,3,7-8H2,2,4-6H3. The molecule has 7 heteroatoms. The quantitative estimate of drug-likeness (QED) is 0.621. The molecule has 0 spiro atoms. The zero-order valence-electron chi connectivity index (χ0n) is 13.3. The molecule has 0 bridgehead atoms. The number of aryl methyl sites for hydroxylation is 1. The van der Waals surface area contributed by atoms with Gasteiger partial charge in [0, 0.05) is 26.4 Å². The van der Waals surface area contributed by atoms with Crippen LogP contribution in [0.1, 0.15) is 13.8 Å². The van der Waals surface area contributed by atoms with Crippen LogP contribution < -0.4 is 11.2 Å². The number of rotatable bonds is 5. The van der Waals surface area contributed by atoms with Crippen LogP contribution in [0, 0.1) is 0 Å². The lowest BCUT2D eigenvalue weighted by Crippen LogP contribution is -2.37. The Hall–Kier alpha value is -2.02. The normalized spacial score (nSPS) is 11.1. The summed E-state index contributed by atoms with van der Waals surface area (Å²) in [4.78, 5) is 29.0. The lowest BCUT2D eigenvalue weighted by Gasteiger charge is -2.09. The molecule has 0 fully saturated rings. The average molecular weight is 320 g/mol. The van der Waals surface area contributed by atoms with Crippen molar-refractivity contribution >= 4 is 22.9 Å². The van der Waals surface area contributed by atoms with Gasteiger partial charge in [0.1, 0.15) is 0 Å². The van der Waals surface area contributed by atoms with Crippen molar-refractivity contribution in [3.05, 3.63) is 45.1 Å². The summed E-state index contributed by atoms with van der Waals surface area (Å²) in [7, 11) is 3.10. The summed E-state index contributed by atoms with van der Waals surface area (Å²) in [6.45, 7) is 12.1. The van der Waals surface area contributed by atoms with Gasteiger partial charge in [0.2, 0.25) is 0 Å². The molecule has 2 rings (SSSR count). The van der Waals surface area contributed by atoms with E-state index in [0.29, 0.717) is 28.6 Å². The fourth-order valence-electron chi connectivity index (χ4n) is 2.14. The van der Waals surface area contributed by atoms with E-state index in [1.54, 1.807) is 7.05 Å². The highest BCUT2D eigenvalue weighted by Crippen LogP contribution is 2.23. The van der Waals surface area contributed by atoms with Crippen LogP contribution in [0.4, 0.5) is 0 Å². The Morgan fingerprint density at radius 2 is 1.77 bits per heavy atom. The summed E-state index contributed by atoms with van der Waals surface area (Å²) in [5.74, 6) is 0.702. The summed E-state index contributed by atoms with van der Waals surface area (Å²) >= 11 is 1.50. The maximum absolute atomic E-state index is 12.5. The molecule has 118 valence electrons. The van der Waals surface area contributed by atoms with Gasteiger partial charge in [0.25, 0.3) is 5.56 Å². The van der Waals surface area contributed by atoms with Crippen molar-refractivity contribution < 1.29 is 0 Å². The molecular weight excluding hydrogens is 300 g/mol. The zero-order chi connectivity index (χ0) is 16.6. The van der Waals surface area contributed by atoms with Gasteiger partial charge >= 0.3 is 5.69 Å². The molecule has 22 heavy (non-hydrogen) atoms. The second-order valence-corrected chi connectivity index (χ2v) is 6.50. The highest BCUT2D eigenvalue weighted by atomic mass is 32.2. The van der Waals surface area contributed by atoms with Crippen LogP contribution in [-0.4, -0.2) is 24.4 Å². The topological polar surface area (TPSA) is 61.8 Å². The van der Waals surface area contributed by atoms with Gasteiger partial charge < -0.3 is 4.57 Å². The number of hydrogen-bond donors (Lipinski definition) is 0. The molecule has 0 saturated heterocycles. The molecule has 0 aliphatic carbocycles. The third-order valence-corrected chi connectivity index (χ3v) is 4.40. The van der Waals surface area contributed by atoms with E-state index in [9.17, 15) is 9.59 Å². The van der Waals surface area contributed by atoms with Crippen molar-refractivity contribution in [1.82, 2.24) is 18.7 Å². The molecule has 0 aromatic carbocycles. The van der Waals surface area contributed by atoms with E-state index in [1.165, 1.54) is 23.4 Å². The molecule has 0 unspecified atom stereocenters. The highest BCUT2D eigenvalue weighted by Gasteiger charge is 2.19. The number of allylic oxidation sites excluding steroid dienone is 1.